The molecule has 5 heteroatoms. The summed E-state index contributed by atoms with van der Waals surface area (Å²) < 4.78 is 12.1. The van der Waals surface area contributed by atoms with Crippen LogP contribution in [0.5, 0.6) is 0 Å². The first kappa shape index (κ1) is 11.2. The summed E-state index contributed by atoms with van der Waals surface area (Å²) >= 11 is 0. The van der Waals surface area contributed by atoms with Gasteiger partial charge in [0.1, 0.15) is 5.69 Å². The third kappa shape index (κ3) is 1.59. The lowest BCUT2D eigenvalue weighted by Crippen LogP contribution is -2.27. The summed E-state index contributed by atoms with van der Waals surface area (Å²) in [6.45, 7) is 0. The fourth-order valence-electron chi connectivity index (χ4n) is 1.95. The van der Waals surface area contributed by atoms with Crippen molar-refractivity contribution in [2.45, 2.75) is 4.99 Å². The first-order chi connectivity index (χ1) is 8.72. The molecule has 90 valence electrons. The monoisotopic (exact) mass is 257 g/mol. The number of benzene rings is 1. The van der Waals surface area contributed by atoms with Crippen molar-refractivity contribution in [1.82, 2.24) is 4.98 Å². The molecule has 1 aromatic carbocycles. The molecule has 18 heavy (non-hydrogen) atoms. The van der Waals surface area contributed by atoms with Crippen molar-refractivity contribution < 1.29 is 4.21 Å². The van der Waals surface area contributed by atoms with Crippen molar-refractivity contribution in [2.24, 2.45) is 9.98 Å². The Kier molecular flexibility index (Phi) is 2.56. The SMILES string of the molecule is CS(=O)C1(c2ccccn2)N=c2ccccc2=N1. The highest BCUT2D eigenvalue weighted by molar-refractivity contribution is 7.85. The molecule has 4 nitrogen and oxygen atoms in total. The van der Waals surface area contributed by atoms with Crippen LogP contribution in [0.3, 0.4) is 0 Å². The lowest BCUT2D eigenvalue weighted by Gasteiger charge is -2.19. The van der Waals surface area contributed by atoms with Crippen LogP contribution in [0.1, 0.15) is 5.69 Å². The van der Waals surface area contributed by atoms with Crippen molar-refractivity contribution in [1.29, 1.82) is 0 Å². The lowest BCUT2D eigenvalue weighted by molar-refractivity contribution is 0.606. The van der Waals surface area contributed by atoms with E-state index in [1.54, 1.807) is 18.5 Å². The van der Waals surface area contributed by atoms with E-state index < -0.39 is 15.8 Å². The van der Waals surface area contributed by atoms with Gasteiger partial charge in [0, 0.05) is 12.5 Å². The van der Waals surface area contributed by atoms with E-state index in [-0.39, 0.29) is 0 Å². The number of nitrogens with zero attached hydrogens (tertiary/aromatic N) is 3. The smallest absolute Gasteiger partial charge is 0.256 e. The molecule has 1 atom stereocenters. The molecule has 1 unspecified atom stereocenters. The molecule has 0 amide bonds. The van der Waals surface area contributed by atoms with E-state index in [4.69, 9.17) is 0 Å². The number of fused-ring (bicyclic) bond motifs is 1. The maximum absolute atomic E-state index is 12.1. The molecule has 1 aliphatic rings. The van der Waals surface area contributed by atoms with Crippen LogP contribution in [0, 0.1) is 0 Å². The van der Waals surface area contributed by atoms with Crippen LogP contribution in [0.4, 0.5) is 0 Å². The second kappa shape index (κ2) is 4.10. The zero-order valence-electron chi connectivity index (χ0n) is 9.78. The van der Waals surface area contributed by atoms with Crippen molar-refractivity contribution >= 4 is 10.8 Å². The highest BCUT2D eigenvalue weighted by Crippen LogP contribution is 2.29. The summed E-state index contributed by atoms with van der Waals surface area (Å²) in [5.41, 5.74) is 0.613. The van der Waals surface area contributed by atoms with E-state index >= 15 is 0 Å². The van der Waals surface area contributed by atoms with Gasteiger partial charge in [0.05, 0.1) is 21.5 Å². The van der Waals surface area contributed by atoms with Crippen molar-refractivity contribution in [3.63, 3.8) is 0 Å². The zero-order valence-corrected chi connectivity index (χ0v) is 10.6. The van der Waals surface area contributed by atoms with Gasteiger partial charge in [-0.3, -0.25) is 9.19 Å². The molecule has 2 heterocycles. The number of rotatable bonds is 2. The highest BCUT2D eigenvalue weighted by atomic mass is 32.2. The van der Waals surface area contributed by atoms with Crippen LogP contribution in [0.15, 0.2) is 58.6 Å². The van der Waals surface area contributed by atoms with Gasteiger partial charge in [-0.2, -0.15) is 0 Å². The summed E-state index contributed by atoms with van der Waals surface area (Å²) in [6, 6.07) is 13.0. The third-order valence-corrected chi connectivity index (χ3v) is 4.02. The van der Waals surface area contributed by atoms with Gasteiger partial charge in [-0.05, 0) is 24.3 Å². The Hall–Kier alpha value is -1.88. The minimum absolute atomic E-state index is 0.613. The maximum Gasteiger partial charge on any atom is 0.269 e. The Morgan fingerprint density at radius 1 is 1.00 bits per heavy atom. The molecular formula is C13H11N3OS. The molecule has 0 fully saturated rings. The van der Waals surface area contributed by atoms with Crippen LogP contribution in [0.2, 0.25) is 0 Å². The van der Waals surface area contributed by atoms with Crippen LogP contribution in [-0.2, 0) is 15.8 Å². The van der Waals surface area contributed by atoms with Gasteiger partial charge in [-0.1, -0.05) is 18.2 Å². The first-order valence-electron chi connectivity index (χ1n) is 5.52. The maximum atomic E-state index is 12.1. The molecule has 0 radical (unpaired) electrons. The van der Waals surface area contributed by atoms with Crippen molar-refractivity contribution in [3.05, 3.63) is 65.1 Å². The lowest BCUT2D eigenvalue weighted by atomic mass is 10.3. The van der Waals surface area contributed by atoms with E-state index in [1.807, 2.05) is 36.4 Å². The Labute approximate surface area is 107 Å². The van der Waals surface area contributed by atoms with E-state index in [2.05, 4.69) is 15.0 Å². The molecular weight excluding hydrogens is 246 g/mol. The van der Waals surface area contributed by atoms with Gasteiger partial charge >= 0.3 is 0 Å². The molecule has 1 aromatic heterocycles. The van der Waals surface area contributed by atoms with Gasteiger partial charge in [0.25, 0.3) is 4.99 Å². The molecule has 0 N–H and O–H groups in total. The Bertz CT molecular complexity index is 692. The van der Waals surface area contributed by atoms with Gasteiger partial charge in [-0.15, -0.1) is 0 Å². The Morgan fingerprint density at radius 3 is 2.11 bits per heavy atom. The van der Waals surface area contributed by atoms with E-state index in [0.29, 0.717) is 5.69 Å². The summed E-state index contributed by atoms with van der Waals surface area (Å²) in [6.07, 6.45) is 3.27. The minimum Gasteiger partial charge on any atom is -0.256 e. The summed E-state index contributed by atoms with van der Waals surface area (Å²) in [4.78, 5) is 12.2. The fourth-order valence-corrected chi connectivity index (χ4v) is 2.82. The molecule has 3 rings (SSSR count). The van der Waals surface area contributed by atoms with Gasteiger partial charge < -0.3 is 0 Å². The largest absolute Gasteiger partial charge is 0.269 e. The molecule has 0 saturated heterocycles. The summed E-state index contributed by atoms with van der Waals surface area (Å²) in [7, 11) is -1.27. The average molecular weight is 257 g/mol. The molecule has 0 spiro atoms. The molecule has 0 saturated carbocycles. The quantitative estimate of drug-likeness (QED) is 0.787. The van der Waals surface area contributed by atoms with Crippen LogP contribution >= 0.6 is 0 Å². The summed E-state index contributed by atoms with van der Waals surface area (Å²) in [5, 5.41) is 1.52. The number of aromatic nitrogens is 1. The topological polar surface area (TPSA) is 54.7 Å². The third-order valence-electron chi connectivity index (χ3n) is 2.83. The molecule has 1 aliphatic heterocycles. The summed E-state index contributed by atoms with van der Waals surface area (Å²) in [5.74, 6) is 0. The van der Waals surface area contributed by atoms with E-state index in [0.717, 1.165) is 10.7 Å². The molecule has 0 bridgehead atoms. The Morgan fingerprint density at radius 2 is 1.61 bits per heavy atom. The molecule has 0 aliphatic carbocycles. The second-order valence-electron chi connectivity index (χ2n) is 3.99. The van der Waals surface area contributed by atoms with Crippen LogP contribution in [-0.4, -0.2) is 15.4 Å². The van der Waals surface area contributed by atoms with Crippen LogP contribution in [0.25, 0.3) is 0 Å². The predicted molar refractivity (Wildman–Crippen MR) is 68.7 cm³/mol. The number of para-hydroxylation sites is 2. The van der Waals surface area contributed by atoms with Crippen LogP contribution < -0.4 is 10.7 Å². The minimum atomic E-state index is -1.27. The van der Waals surface area contributed by atoms with Crippen molar-refractivity contribution in [3.8, 4) is 0 Å². The van der Waals surface area contributed by atoms with Gasteiger partial charge in [-0.25, -0.2) is 9.98 Å². The van der Waals surface area contributed by atoms with Gasteiger partial charge in [0.2, 0.25) is 0 Å². The normalized spacial score (nSPS) is 17.4. The zero-order chi connectivity index (χ0) is 12.6. The number of hydrogen-bond acceptors (Lipinski definition) is 4. The first-order valence-corrected chi connectivity index (χ1v) is 7.08. The Balaban J connectivity index is 2.30. The highest BCUT2D eigenvalue weighted by Gasteiger charge is 2.39. The van der Waals surface area contributed by atoms with E-state index in [1.165, 1.54) is 0 Å². The standard InChI is InChI=1S/C13H11N3OS/c1-18(17)13(12-8-4-5-9-14-12)15-10-6-2-3-7-11(10)16-13/h2-9H,1H3. The second-order valence-corrected chi connectivity index (χ2v) is 5.47. The van der Waals surface area contributed by atoms with Crippen molar-refractivity contribution in [2.75, 3.05) is 6.26 Å². The predicted octanol–water partition coefficient (Wildman–Crippen LogP) is 0.523. The molecule has 2 aromatic rings. The number of pyridine rings is 1. The number of hydrogen-bond donors (Lipinski definition) is 0. The van der Waals surface area contributed by atoms with Gasteiger partial charge in [0.15, 0.2) is 0 Å². The van der Waals surface area contributed by atoms with E-state index in [9.17, 15) is 4.21 Å². The fraction of sp³-hybridized carbons (Fsp3) is 0.154. The average Bonchev–Trinajstić information content (AvgIpc) is 2.80.